The largest absolute Gasteiger partial charge is 0.427 e. The van der Waals surface area contributed by atoms with Gasteiger partial charge in [0.05, 0.1) is 17.6 Å². The second-order valence-electron chi connectivity index (χ2n) is 8.93. The molecule has 6 heteroatoms. The molecule has 1 aromatic rings. The molecule has 1 aliphatic rings. The number of nitrogens with zero attached hydrogens (tertiary/aromatic N) is 1. The average molecular weight is 420 g/mol. The van der Waals surface area contributed by atoms with E-state index in [0.29, 0.717) is 11.3 Å². The molecule has 0 saturated carbocycles. The molecule has 1 aromatic carbocycles. The van der Waals surface area contributed by atoms with Gasteiger partial charge in [-0.1, -0.05) is 29.3 Å². The Labute approximate surface area is 178 Å². The molecule has 0 aromatic heterocycles. The number of rotatable bonds is 5. The summed E-state index contributed by atoms with van der Waals surface area (Å²) in [5, 5.41) is 1.27. The third kappa shape index (κ3) is 4.57. The molecule has 0 bridgehead atoms. The Balaban J connectivity index is 2.68. The van der Waals surface area contributed by atoms with Crippen molar-refractivity contribution < 1.29 is 19.2 Å². The fourth-order valence-electron chi connectivity index (χ4n) is 3.44. The first kappa shape index (κ1) is 23.2. The van der Waals surface area contributed by atoms with Crippen LogP contribution in [0.25, 0.3) is 5.57 Å². The van der Waals surface area contributed by atoms with Crippen molar-refractivity contribution in [1.82, 2.24) is 5.06 Å². The highest BCUT2D eigenvalue weighted by molar-refractivity contribution is 6.25. The van der Waals surface area contributed by atoms with Gasteiger partial charge in [-0.15, -0.1) is 0 Å². The number of hydrogen-bond acceptors (Lipinski definition) is 4. The van der Waals surface area contributed by atoms with Crippen molar-refractivity contribution in [3.05, 3.63) is 51.8 Å². The third-order valence-electron chi connectivity index (χ3n) is 4.81. The lowest BCUT2D eigenvalue weighted by Gasteiger charge is -2.32. The summed E-state index contributed by atoms with van der Waals surface area (Å²) in [5.74, 6) is -0.451. The molecule has 0 unspecified atom stereocenters. The van der Waals surface area contributed by atoms with Crippen LogP contribution in [0.5, 0.6) is 0 Å². The lowest BCUT2D eigenvalue weighted by Crippen LogP contribution is -2.44. The molecule has 1 heterocycles. The zero-order valence-corrected chi connectivity index (χ0v) is 19.2. The number of esters is 1. The predicted octanol–water partition coefficient (Wildman–Crippen LogP) is 5.22. The normalized spacial score (nSPS) is 16.9. The summed E-state index contributed by atoms with van der Waals surface area (Å²) in [7, 11) is 0. The topological polar surface area (TPSA) is 55.8 Å². The molecule has 158 valence electrons. The number of ether oxygens (including phenoxy) is 1. The van der Waals surface area contributed by atoms with Crippen molar-refractivity contribution in [2.45, 2.75) is 60.9 Å². The number of benzene rings is 1. The van der Waals surface area contributed by atoms with E-state index in [-0.39, 0.29) is 12.5 Å². The summed E-state index contributed by atoms with van der Waals surface area (Å²) in [6.07, 6.45) is 1.59. The summed E-state index contributed by atoms with van der Waals surface area (Å²) in [6.45, 7) is 15.0. The minimum Gasteiger partial charge on any atom is -0.427 e. The minimum absolute atomic E-state index is 0.123. The molecule has 5 nitrogen and oxygen atoms in total. The number of halogens is 1. The monoisotopic (exact) mass is 419 g/mol. The van der Waals surface area contributed by atoms with E-state index in [2.05, 4.69) is 0 Å². The van der Waals surface area contributed by atoms with Crippen LogP contribution in [0.2, 0.25) is 0 Å². The standard InChI is InChI=1S/C23H30ClNO4/c1-14-12-15(2)17(16(3)13-14)18-19(29-21(27)22(4,5)6)23(7,8)25(20(18)26)28-11-9-10-24/h9-10,12-13H,11H2,1-8H3. The van der Waals surface area contributed by atoms with Crippen LogP contribution in [-0.4, -0.2) is 29.1 Å². The number of carbonyl (C=O) groups excluding carboxylic acids is 2. The Bertz CT molecular complexity index is 868. The van der Waals surface area contributed by atoms with Gasteiger partial charge in [0, 0.05) is 5.54 Å². The average Bonchev–Trinajstić information content (AvgIpc) is 2.74. The quantitative estimate of drug-likeness (QED) is 0.614. The van der Waals surface area contributed by atoms with E-state index in [1.807, 2.05) is 32.9 Å². The molecular weight excluding hydrogens is 390 g/mol. The van der Waals surface area contributed by atoms with Crippen LogP contribution in [0.4, 0.5) is 0 Å². The smallest absolute Gasteiger partial charge is 0.316 e. The molecule has 0 radical (unpaired) electrons. The lowest BCUT2D eigenvalue weighted by atomic mass is 9.91. The maximum atomic E-state index is 13.4. The first-order chi connectivity index (χ1) is 13.3. The van der Waals surface area contributed by atoms with Gasteiger partial charge >= 0.3 is 5.97 Å². The number of carbonyl (C=O) groups is 2. The minimum atomic E-state index is -0.975. The molecule has 1 aliphatic heterocycles. The Hall–Kier alpha value is -2.11. The van der Waals surface area contributed by atoms with E-state index in [0.717, 1.165) is 22.3 Å². The molecule has 0 N–H and O–H groups in total. The molecule has 0 spiro atoms. The van der Waals surface area contributed by atoms with Gasteiger partial charge in [0.25, 0.3) is 5.91 Å². The van der Waals surface area contributed by atoms with Gasteiger partial charge in [0.2, 0.25) is 0 Å². The van der Waals surface area contributed by atoms with Crippen molar-refractivity contribution in [2.24, 2.45) is 5.41 Å². The first-order valence-electron chi connectivity index (χ1n) is 9.60. The van der Waals surface area contributed by atoms with Gasteiger partial charge in [-0.3, -0.25) is 14.4 Å². The van der Waals surface area contributed by atoms with E-state index in [1.165, 1.54) is 10.6 Å². The van der Waals surface area contributed by atoms with Crippen LogP contribution >= 0.6 is 11.6 Å². The highest BCUT2D eigenvalue weighted by atomic mass is 35.5. The predicted molar refractivity (Wildman–Crippen MR) is 115 cm³/mol. The van der Waals surface area contributed by atoms with E-state index in [9.17, 15) is 9.59 Å². The Morgan fingerprint density at radius 2 is 1.72 bits per heavy atom. The van der Waals surface area contributed by atoms with Crippen LogP contribution in [-0.2, 0) is 19.2 Å². The lowest BCUT2D eigenvalue weighted by molar-refractivity contribution is -0.200. The summed E-state index contributed by atoms with van der Waals surface area (Å²) in [6, 6.07) is 4.02. The van der Waals surface area contributed by atoms with Crippen molar-refractivity contribution in [1.29, 1.82) is 0 Å². The van der Waals surface area contributed by atoms with Gasteiger partial charge in [0.1, 0.15) is 11.3 Å². The zero-order valence-electron chi connectivity index (χ0n) is 18.5. The fourth-order valence-corrected chi connectivity index (χ4v) is 3.51. The van der Waals surface area contributed by atoms with Gasteiger partial charge in [-0.25, -0.2) is 5.06 Å². The summed E-state index contributed by atoms with van der Waals surface area (Å²) in [4.78, 5) is 31.9. The molecule has 0 aliphatic carbocycles. The Morgan fingerprint density at radius 1 is 1.17 bits per heavy atom. The van der Waals surface area contributed by atoms with Gasteiger partial charge in [-0.2, -0.15) is 0 Å². The second-order valence-corrected chi connectivity index (χ2v) is 9.19. The molecule has 0 fully saturated rings. The fraction of sp³-hybridized carbons (Fsp3) is 0.478. The van der Waals surface area contributed by atoms with Crippen LogP contribution in [0, 0.1) is 26.2 Å². The summed E-state index contributed by atoms with van der Waals surface area (Å²) >= 11 is 5.58. The Kier molecular flexibility index (Phi) is 6.65. The second kappa shape index (κ2) is 8.33. The molecule has 0 atom stereocenters. The SMILES string of the molecule is Cc1cc(C)c(C2=C(OC(=O)C(C)(C)C)C(C)(C)N(OCC=CCl)C2=O)c(C)c1. The molecular formula is C23H30ClNO4. The van der Waals surface area contributed by atoms with Crippen molar-refractivity contribution in [2.75, 3.05) is 6.61 Å². The highest BCUT2D eigenvalue weighted by Crippen LogP contribution is 2.43. The number of hydrogen-bond donors (Lipinski definition) is 0. The molecule has 29 heavy (non-hydrogen) atoms. The Morgan fingerprint density at radius 3 is 2.21 bits per heavy atom. The first-order valence-corrected chi connectivity index (χ1v) is 10.0. The molecule has 2 rings (SSSR count). The van der Waals surface area contributed by atoms with E-state index < -0.39 is 16.9 Å². The zero-order chi connectivity index (χ0) is 22.1. The number of aryl methyl sites for hydroxylation is 3. The van der Waals surface area contributed by atoms with Crippen LogP contribution in [0.3, 0.4) is 0 Å². The number of hydroxylamine groups is 2. The van der Waals surface area contributed by atoms with Gasteiger partial charge in [-0.05, 0) is 78.2 Å². The van der Waals surface area contributed by atoms with Gasteiger partial charge in [0.15, 0.2) is 0 Å². The van der Waals surface area contributed by atoms with Crippen LogP contribution < -0.4 is 0 Å². The highest BCUT2D eigenvalue weighted by Gasteiger charge is 2.50. The van der Waals surface area contributed by atoms with Gasteiger partial charge < -0.3 is 4.74 Å². The van der Waals surface area contributed by atoms with Crippen molar-refractivity contribution in [3.63, 3.8) is 0 Å². The van der Waals surface area contributed by atoms with E-state index in [4.69, 9.17) is 21.2 Å². The van der Waals surface area contributed by atoms with E-state index >= 15 is 0 Å². The molecule has 0 saturated heterocycles. The number of amides is 1. The maximum absolute atomic E-state index is 13.4. The maximum Gasteiger partial charge on any atom is 0.316 e. The summed E-state index contributed by atoms with van der Waals surface area (Å²) < 4.78 is 5.86. The van der Waals surface area contributed by atoms with Crippen LogP contribution in [0.1, 0.15) is 56.9 Å². The van der Waals surface area contributed by atoms with Crippen LogP contribution in [0.15, 0.2) is 29.5 Å². The third-order valence-corrected chi connectivity index (χ3v) is 4.99. The van der Waals surface area contributed by atoms with Crippen molar-refractivity contribution in [3.8, 4) is 0 Å². The molecule has 1 amide bonds. The summed E-state index contributed by atoms with van der Waals surface area (Å²) in [5.41, 5.74) is 3.74. The van der Waals surface area contributed by atoms with E-state index in [1.54, 1.807) is 40.7 Å². The van der Waals surface area contributed by atoms with Crippen molar-refractivity contribution >= 4 is 29.1 Å².